The quantitative estimate of drug-likeness (QED) is 0.207. The van der Waals surface area contributed by atoms with Crippen LogP contribution in [0.3, 0.4) is 0 Å². The molecule has 35 heavy (non-hydrogen) atoms. The summed E-state index contributed by atoms with van der Waals surface area (Å²) in [6.07, 6.45) is 5.27. The normalized spacial score (nSPS) is 11.4. The lowest BCUT2D eigenvalue weighted by Gasteiger charge is -2.14. The first kappa shape index (κ1) is 24.3. The van der Waals surface area contributed by atoms with Gasteiger partial charge in [0.1, 0.15) is 11.6 Å². The number of unbranched alkanes of at least 4 members (excludes halogenated alkanes) is 1. The van der Waals surface area contributed by atoms with Gasteiger partial charge >= 0.3 is 0 Å². The molecule has 0 saturated heterocycles. The minimum absolute atomic E-state index is 0.135. The van der Waals surface area contributed by atoms with E-state index in [9.17, 15) is 4.79 Å². The van der Waals surface area contributed by atoms with Gasteiger partial charge in [-0.25, -0.2) is 4.98 Å². The molecule has 4 rings (SSSR count). The first-order valence-electron chi connectivity index (χ1n) is 12.3. The number of para-hydroxylation sites is 3. The number of amides is 1. The van der Waals surface area contributed by atoms with Crippen molar-refractivity contribution >= 4 is 23.0 Å². The molecule has 4 aromatic rings. The molecule has 0 aliphatic rings. The average molecular weight is 468 g/mol. The molecular weight excluding hydrogens is 434 g/mol. The molecule has 0 unspecified atom stereocenters. The average Bonchev–Trinajstić information content (AvgIpc) is 3.24. The van der Waals surface area contributed by atoms with Gasteiger partial charge in [0, 0.05) is 12.6 Å². The maximum absolute atomic E-state index is 12.4. The Balaban J connectivity index is 1.34. The van der Waals surface area contributed by atoms with E-state index in [1.165, 1.54) is 5.56 Å². The molecule has 0 aliphatic carbocycles. The van der Waals surface area contributed by atoms with E-state index in [1.54, 1.807) is 6.08 Å². The molecule has 0 bridgehead atoms. The Labute approximate surface area is 207 Å². The van der Waals surface area contributed by atoms with Gasteiger partial charge in [-0.3, -0.25) is 4.79 Å². The van der Waals surface area contributed by atoms with E-state index in [1.807, 2.05) is 66.7 Å². The van der Waals surface area contributed by atoms with Crippen molar-refractivity contribution in [3.05, 3.63) is 102 Å². The van der Waals surface area contributed by atoms with Crippen LogP contribution >= 0.6 is 0 Å². The van der Waals surface area contributed by atoms with Gasteiger partial charge in [-0.05, 0) is 54.2 Å². The highest BCUT2D eigenvalue weighted by atomic mass is 16.5. The van der Waals surface area contributed by atoms with Crippen molar-refractivity contribution in [1.82, 2.24) is 14.9 Å². The van der Waals surface area contributed by atoms with E-state index in [2.05, 4.69) is 41.9 Å². The lowest BCUT2D eigenvalue weighted by atomic mass is 10.0. The van der Waals surface area contributed by atoms with Crippen molar-refractivity contribution in [3.63, 3.8) is 0 Å². The van der Waals surface area contributed by atoms with Crippen LogP contribution in [0.2, 0.25) is 0 Å². The van der Waals surface area contributed by atoms with Crippen LogP contribution in [-0.4, -0.2) is 22.1 Å². The summed E-state index contributed by atoms with van der Waals surface area (Å²) in [4.78, 5) is 17.1. The third kappa shape index (κ3) is 6.60. The second-order valence-corrected chi connectivity index (χ2v) is 8.88. The van der Waals surface area contributed by atoms with Gasteiger partial charge in [0.05, 0.1) is 24.2 Å². The molecule has 0 saturated carbocycles. The fourth-order valence-corrected chi connectivity index (χ4v) is 4.11. The largest absolute Gasteiger partial charge is 0.493 e. The molecule has 0 spiro atoms. The van der Waals surface area contributed by atoms with Crippen LogP contribution < -0.4 is 10.1 Å². The number of rotatable bonds is 11. The van der Waals surface area contributed by atoms with Gasteiger partial charge in [0.2, 0.25) is 5.91 Å². The maximum atomic E-state index is 12.4. The topological polar surface area (TPSA) is 56.1 Å². The number of nitrogens with one attached hydrogen (secondary N) is 1. The zero-order valence-corrected chi connectivity index (χ0v) is 20.5. The van der Waals surface area contributed by atoms with E-state index in [4.69, 9.17) is 9.72 Å². The van der Waals surface area contributed by atoms with Gasteiger partial charge < -0.3 is 14.6 Å². The van der Waals surface area contributed by atoms with E-state index in [-0.39, 0.29) is 5.91 Å². The summed E-state index contributed by atoms with van der Waals surface area (Å²) >= 11 is 0. The second-order valence-electron chi connectivity index (χ2n) is 8.88. The number of fused-ring (bicyclic) bond motifs is 1. The Bertz CT molecular complexity index is 1280. The minimum Gasteiger partial charge on any atom is -0.493 e. The molecular formula is C30H33N3O2. The Morgan fingerprint density at radius 2 is 1.71 bits per heavy atom. The highest BCUT2D eigenvalue weighted by molar-refractivity contribution is 5.91. The second kappa shape index (κ2) is 12.0. The number of imidazole rings is 1. The predicted octanol–water partition coefficient (Wildman–Crippen LogP) is 6.35. The Morgan fingerprint density at radius 3 is 2.54 bits per heavy atom. The predicted molar refractivity (Wildman–Crippen MR) is 142 cm³/mol. The summed E-state index contributed by atoms with van der Waals surface area (Å²) in [5.41, 5.74) is 4.27. The molecule has 1 heterocycles. The van der Waals surface area contributed by atoms with Gasteiger partial charge in [0.25, 0.3) is 0 Å². The van der Waals surface area contributed by atoms with Crippen LogP contribution in [0, 0.1) is 0 Å². The third-order valence-electron chi connectivity index (χ3n) is 5.96. The lowest BCUT2D eigenvalue weighted by molar-refractivity contribution is -0.116. The summed E-state index contributed by atoms with van der Waals surface area (Å²) in [7, 11) is 0. The Morgan fingerprint density at radius 1 is 0.971 bits per heavy atom. The SMILES string of the molecule is CC(C)c1ccccc1OCCCCn1c(CNC(=O)/C=C\c2ccccc2)nc2ccccc21. The molecule has 1 aromatic heterocycles. The van der Waals surface area contributed by atoms with Crippen molar-refractivity contribution in [1.29, 1.82) is 0 Å². The maximum Gasteiger partial charge on any atom is 0.244 e. The van der Waals surface area contributed by atoms with E-state index < -0.39 is 0 Å². The number of ether oxygens (including phenoxy) is 1. The number of carbonyl (C=O) groups excluding carboxylic acids is 1. The number of aryl methyl sites for hydroxylation is 1. The highest BCUT2D eigenvalue weighted by Gasteiger charge is 2.11. The molecule has 3 aromatic carbocycles. The summed E-state index contributed by atoms with van der Waals surface area (Å²) < 4.78 is 8.30. The number of hydrogen-bond donors (Lipinski definition) is 1. The van der Waals surface area contributed by atoms with Crippen LogP contribution in [0.15, 0.2) is 84.9 Å². The Kier molecular flexibility index (Phi) is 8.34. The lowest BCUT2D eigenvalue weighted by Crippen LogP contribution is -2.22. The Hall–Kier alpha value is -3.86. The van der Waals surface area contributed by atoms with E-state index in [0.717, 1.165) is 47.6 Å². The van der Waals surface area contributed by atoms with Crippen molar-refractivity contribution in [2.24, 2.45) is 0 Å². The molecule has 0 radical (unpaired) electrons. The van der Waals surface area contributed by atoms with Gasteiger partial charge in [-0.2, -0.15) is 0 Å². The molecule has 0 atom stereocenters. The van der Waals surface area contributed by atoms with Crippen molar-refractivity contribution in [3.8, 4) is 5.75 Å². The van der Waals surface area contributed by atoms with Crippen molar-refractivity contribution in [2.75, 3.05) is 6.61 Å². The summed E-state index contributed by atoms with van der Waals surface area (Å²) in [5, 5.41) is 2.98. The summed E-state index contributed by atoms with van der Waals surface area (Å²) in [6, 6.07) is 26.2. The zero-order chi connectivity index (χ0) is 24.5. The fourth-order valence-electron chi connectivity index (χ4n) is 4.11. The molecule has 1 N–H and O–H groups in total. The number of hydrogen-bond acceptors (Lipinski definition) is 3. The standard InChI is InChI=1S/C30H33N3O2/c1-23(2)25-14-6-9-17-28(25)35-21-11-10-20-33-27-16-8-7-15-26(27)32-29(33)22-31-30(34)19-18-24-12-4-3-5-13-24/h3-9,12-19,23H,10-11,20-22H2,1-2H3,(H,31,34)/b19-18-. The molecule has 5 heteroatoms. The monoisotopic (exact) mass is 467 g/mol. The molecule has 5 nitrogen and oxygen atoms in total. The fraction of sp³-hybridized carbons (Fsp3) is 0.267. The van der Waals surface area contributed by atoms with Crippen LogP contribution in [0.4, 0.5) is 0 Å². The van der Waals surface area contributed by atoms with Gasteiger partial charge in [0.15, 0.2) is 0 Å². The highest BCUT2D eigenvalue weighted by Crippen LogP contribution is 2.26. The zero-order valence-electron chi connectivity index (χ0n) is 20.5. The van der Waals surface area contributed by atoms with Crippen LogP contribution in [0.25, 0.3) is 17.1 Å². The van der Waals surface area contributed by atoms with E-state index in [0.29, 0.717) is 19.1 Å². The van der Waals surface area contributed by atoms with E-state index >= 15 is 0 Å². The van der Waals surface area contributed by atoms with Crippen LogP contribution in [0.1, 0.15) is 49.6 Å². The number of aromatic nitrogens is 2. The van der Waals surface area contributed by atoms with Crippen molar-refractivity contribution < 1.29 is 9.53 Å². The first-order valence-corrected chi connectivity index (χ1v) is 12.3. The third-order valence-corrected chi connectivity index (χ3v) is 5.96. The molecule has 0 aliphatic heterocycles. The smallest absolute Gasteiger partial charge is 0.244 e. The molecule has 0 fully saturated rings. The van der Waals surface area contributed by atoms with Gasteiger partial charge in [-0.1, -0.05) is 74.5 Å². The number of carbonyl (C=O) groups is 1. The number of nitrogens with zero attached hydrogens (tertiary/aromatic N) is 2. The van der Waals surface area contributed by atoms with Crippen molar-refractivity contribution in [2.45, 2.75) is 45.7 Å². The van der Waals surface area contributed by atoms with Gasteiger partial charge in [-0.15, -0.1) is 0 Å². The molecule has 180 valence electrons. The number of benzene rings is 3. The first-order chi connectivity index (χ1) is 17.1. The minimum atomic E-state index is -0.135. The summed E-state index contributed by atoms with van der Waals surface area (Å²) in [5.74, 6) is 2.13. The summed E-state index contributed by atoms with van der Waals surface area (Å²) in [6.45, 7) is 6.24. The molecule has 1 amide bonds. The van der Waals surface area contributed by atoms with Crippen LogP contribution in [0.5, 0.6) is 5.75 Å². The van der Waals surface area contributed by atoms with Crippen LogP contribution in [-0.2, 0) is 17.9 Å².